The molecule has 0 aliphatic carbocycles. The van der Waals surface area contributed by atoms with Gasteiger partial charge in [-0.05, 0) is 50.8 Å². The van der Waals surface area contributed by atoms with Gasteiger partial charge in [-0.3, -0.25) is 0 Å². The highest BCUT2D eigenvalue weighted by Crippen LogP contribution is 2.18. The van der Waals surface area contributed by atoms with E-state index in [1.807, 2.05) is 13.0 Å². The van der Waals surface area contributed by atoms with E-state index in [1.54, 1.807) is 0 Å². The molecule has 0 unspecified atom stereocenters. The zero-order valence-electron chi connectivity index (χ0n) is 14.4. The second-order valence-corrected chi connectivity index (χ2v) is 6.63. The number of piperidine rings is 1. The number of aryl methyl sites for hydroxylation is 1. The first-order chi connectivity index (χ1) is 11.7. The predicted molar refractivity (Wildman–Crippen MR) is 99.0 cm³/mol. The minimum atomic E-state index is 0.528. The number of aromatic nitrogens is 2. The van der Waals surface area contributed by atoms with Crippen molar-refractivity contribution in [1.82, 2.24) is 14.9 Å². The summed E-state index contributed by atoms with van der Waals surface area (Å²) >= 11 is 0. The fourth-order valence-electron chi connectivity index (χ4n) is 3.28. The van der Waals surface area contributed by atoms with E-state index in [-0.39, 0.29) is 0 Å². The van der Waals surface area contributed by atoms with E-state index < -0.39 is 0 Å². The first kappa shape index (κ1) is 16.7. The van der Waals surface area contributed by atoms with Crippen LogP contribution < -0.4 is 11.1 Å². The normalized spacial score (nSPS) is 16.2. The average molecular weight is 325 g/mol. The Morgan fingerprint density at radius 3 is 2.62 bits per heavy atom. The molecular formula is C19H27N5. The lowest BCUT2D eigenvalue weighted by atomic mass is 9.96. The highest BCUT2D eigenvalue weighted by atomic mass is 15.1. The first-order valence-corrected chi connectivity index (χ1v) is 8.80. The van der Waals surface area contributed by atoms with Gasteiger partial charge in [0.05, 0.1) is 0 Å². The third-order valence-corrected chi connectivity index (χ3v) is 4.70. The zero-order chi connectivity index (χ0) is 16.8. The molecule has 2 heterocycles. The molecule has 24 heavy (non-hydrogen) atoms. The van der Waals surface area contributed by atoms with Crippen LogP contribution in [-0.2, 0) is 6.42 Å². The Hall–Kier alpha value is -2.14. The Labute approximate surface area is 144 Å². The van der Waals surface area contributed by atoms with Crippen LogP contribution in [0.4, 0.5) is 11.6 Å². The van der Waals surface area contributed by atoms with E-state index in [2.05, 4.69) is 50.5 Å². The van der Waals surface area contributed by atoms with Crippen molar-refractivity contribution in [3.63, 3.8) is 0 Å². The fourth-order valence-corrected chi connectivity index (χ4v) is 3.28. The van der Waals surface area contributed by atoms with Crippen molar-refractivity contribution < 1.29 is 0 Å². The summed E-state index contributed by atoms with van der Waals surface area (Å²) in [7, 11) is 0. The molecule has 5 heteroatoms. The number of anilines is 2. The number of rotatable bonds is 6. The molecule has 0 amide bonds. The maximum Gasteiger partial charge on any atom is 0.131 e. The molecule has 0 atom stereocenters. The molecule has 1 aromatic carbocycles. The van der Waals surface area contributed by atoms with Crippen molar-refractivity contribution in [1.29, 1.82) is 0 Å². The molecule has 128 valence electrons. The van der Waals surface area contributed by atoms with E-state index >= 15 is 0 Å². The molecule has 5 nitrogen and oxygen atoms in total. The number of hydrogen-bond acceptors (Lipinski definition) is 5. The molecule has 0 saturated carbocycles. The van der Waals surface area contributed by atoms with Crippen molar-refractivity contribution in [2.24, 2.45) is 5.92 Å². The van der Waals surface area contributed by atoms with E-state index in [0.717, 1.165) is 25.3 Å². The van der Waals surface area contributed by atoms with Crippen LogP contribution in [0.3, 0.4) is 0 Å². The molecule has 2 aromatic rings. The number of nitrogens with zero attached hydrogens (tertiary/aromatic N) is 3. The number of nitrogens with one attached hydrogen (secondary N) is 1. The summed E-state index contributed by atoms with van der Waals surface area (Å²) in [5, 5.41) is 3.42. The zero-order valence-corrected chi connectivity index (χ0v) is 14.4. The summed E-state index contributed by atoms with van der Waals surface area (Å²) in [6.45, 7) is 6.36. The topological polar surface area (TPSA) is 67.1 Å². The van der Waals surface area contributed by atoms with Crippen molar-refractivity contribution in [3.8, 4) is 0 Å². The van der Waals surface area contributed by atoms with Crippen LogP contribution in [0, 0.1) is 12.8 Å². The van der Waals surface area contributed by atoms with Gasteiger partial charge >= 0.3 is 0 Å². The smallest absolute Gasteiger partial charge is 0.131 e. The monoisotopic (exact) mass is 325 g/mol. The van der Waals surface area contributed by atoms with Gasteiger partial charge in [-0.2, -0.15) is 0 Å². The van der Waals surface area contributed by atoms with E-state index in [4.69, 9.17) is 5.73 Å². The molecule has 0 radical (unpaired) electrons. The standard InChI is InChI=1S/C19H27N5/c1-15-22-18(20)13-19(23-15)21-14-17-8-11-24(12-9-17)10-7-16-5-3-2-4-6-16/h2-6,13,17H,7-12,14H2,1H3,(H3,20,21,22,23). The van der Waals surface area contributed by atoms with E-state index in [0.29, 0.717) is 17.6 Å². The predicted octanol–water partition coefficient (Wildman–Crippen LogP) is 2.73. The van der Waals surface area contributed by atoms with Crippen molar-refractivity contribution in [2.45, 2.75) is 26.2 Å². The minimum absolute atomic E-state index is 0.528. The van der Waals surface area contributed by atoms with Crippen molar-refractivity contribution in [3.05, 3.63) is 47.8 Å². The molecule has 1 aliphatic heterocycles. The van der Waals surface area contributed by atoms with Gasteiger partial charge < -0.3 is 16.0 Å². The van der Waals surface area contributed by atoms with E-state index in [1.165, 1.54) is 31.5 Å². The minimum Gasteiger partial charge on any atom is -0.384 e. The molecule has 3 N–H and O–H groups in total. The Morgan fingerprint density at radius 2 is 1.92 bits per heavy atom. The number of benzene rings is 1. The van der Waals surface area contributed by atoms with Gasteiger partial charge in [0.1, 0.15) is 17.5 Å². The third kappa shape index (κ3) is 4.93. The van der Waals surface area contributed by atoms with E-state index in [9.17, 15) is 0 Å². The molecular weight excluding hydrogens is 298 g/mol. The van der Waals surface area contributed by atoms with Crippen LogP contribution in [0.15, 0.2) is 36.4 Å². The van der Waals surface area contributed by atoms with Crippen LogP contribution in [0.25, 0.3) is 0 Å². The summed E-state index contributed by atoms with van der Waals surface area (Å²) in [6, 6.07) is 12.6. The fraction of sp³-hybridized carbons (Fsp3) is 0.474. The summed E-state index contributed by atoms with van der Waals surface area (Å²) in [6.07, 6.45) is 3.62. The average Bonchev–Trinajstić information content (AvgIpc) is 2.59. The van der Waals surface area contributed by atoms with Gasteiger partial charge in [0.15, 0.2) is 0 Å². The second-order valence-electron chi connectivity index (χ2n) is 6.63. The van der Waals surface area contributed by atoms with Gasteiger partial charge in [-0.15, -0.1) is 0 Å². The van der Waals surface area contributed by atoms with Gasteiger partial charge in [0, 0.05) is 19.2 Å². The largest absolute Gasteiger partial charge is 0.384 e. The lowest BCUT2D eigenvalue weighted by molar-refractivity contribution is 0.191. The summed E-state index contributed by atoms with van der Waals surface area (Å²) in [5.41, 5.74) is 7.20. The molecule has 1 aliphatic rings. The summed E-state index contributed by atoms with van der Waals surface area (Å²) < 4.78 is 0. The molecule has 3 rings (SSSR count). The third-order valence-electron chi connectivity index (χ3n) is 4.70. The summed E-state index contributed by atoms with van der Waals surface area (Å²) in [4.78, 5) is 11.1. The van der Waals surface area contributed by atoms with Crippen LogP contribution in [-0.4, -0.2) is 41.0 Å². The number of nitrogen functional groups attached to an aromatic ring is 1. The molecule has 1 saturated heterocycles. The molecule has 0 spiro atoms. The van der Waals surface area contributed by atoms with Gasteiger partial charge in [-0.25, -0.2) is 9.97 Å². The van der Waals surface area contributed by atoms with Gasteiger partial charge in [0.25, 0.3) is 0 Å². The number of likely N-dealkylation sites (tertiary alicyclic amines) is 1. The quantitative estimate of drug-likeness (QED) is 0.855. The van der Waals surface area contributed by atoms with Gasteiger partial charge in [0.2, 0.25) is 0 Å². The number of hydrogen-bond donors (Lipinski definition) is 2. The lowest BCUT2D eigenvalue weighted by Gasteiger charge is -2.32. The first-order valence-electron chi connectivity index (χ1n) is 8.80. The van der Waals surface area contributed by atoms with Crippen LogP contribution >= 0.6 is 0 Å². The molecule has 0 bridgehead atoms. The Morgan fingerprint density at radius 1 is 1.17 bits per heavy atom. The lowest BCUT2D eigenvalue weighted by Crippen LogP contribution is -2.37. The van der Waals surface area contributed by atoms with Gasteiger partial charge in [-0.1, -0.05) is 30.3 Å². The van der Waals surface area contributed by atoms with Crippen LogP contribution in [0.2, 0.25) is 0 Å². The highest BCUT2D eigenvalue weighted by Gasteiger charge is 2.19. The molecule has 1 fully saturated rings. The van der Waals surface area contributed by atoms with Crippen LogP contribution in [0.1, 0.15) is 24.2 Å². The Bertz CT molecular complexity index is 615. The Balaban J connectivity index is 1.39. The van der Waals surface area contributed by atoms with Crippen LogP contribution in [0.5, 0.6) is 0 Å². The molecule has 1 aromatic heterocycles. The maximum atomic E-state index is 5.77. The summed E-state index contributed by atoms with van der Waals surface area (Å²) in [5.74, 6) is 2.79. The van der Waals surface area contributed by atoms with Crippen molar-refractivity contribution >= 4 is 11.6 Å². The SMILES string of the molecule is Cc1nc(N)cc(NCC2CCN(CCc3ccccc3)CC2)n1. The maximum absolute atomic E-state index is 5.77. The Kier molecular flexibility index (Phi) is 5.64. The second kappa shape index (κ2) is 8.11. The number of nitrogens with two attached hydrogens (primary N) is 1. The van der Waals surface area contributed by atoms with Crippen molar-refractivity contribution in [2.75, 3.05) is 37.2 Å². The highest BCUT2D eigenvalue weighted by molar-refractivity contribution is 5.44.